The minimum atomic E-state index is 0.306. The molecule has 0 aromatic carbocycles. The Balaban J connectivity index is 1.88. The fourth-order valence-electron chi connectivity index (χ4n) is 2.26. The number of carbonyl (C=O) groups excluding carboxylic acids is 1. The van der Waals surface area contributed by atoms with Crippen molar-refractivity contribution in [2.45, 2.75) is 32.1 Å². The fraction of sp³-hybridized carbons (Fsp3) is 0.900. The van der Waals surface area contributed by atoms with Crippen LogP contribution in [0.15, 0.2) is 0 Å². The zero-order chi connectivity index (χ0) is 9.31. The number of carbonyl (C=O) groups is 1. The molecule has 2 rings (SSSR count). The Bertz CT molecular complexity index is 213. The summed E-state index contributed by atoms with van der Waals surface area (Å²) >= 11 is 4.09. The van der Waals surface area contributed by atoms with E-state index in [1.165, 1.54) is 25.7 Å². The van der Waals surface area contributed by atoms with Crippen molar-refractivity contribution in [1.29, 1.82) is 0 Å². The summed E-state index contributed by atoms with van der Waals surface area (Å²) in [6.07, 6.45) is 5.85. The molecule has 0 N–H and O–H groups in total. The Kier molecular flexibility index (Phi) is 2.54. The zero-order valence-electron chi connectivity index (χ0n) is 7.96. The van der Waals surface area contributed by atoms with E-state index in [0.29, 0.717) is 23.5 Å². The summed E-state index contributed by atoms with van der Waals surface area (Å²) in [7, 11) is 0. The first-order chi connectivity index (χ1) is 6.26. The summed E-state index contributed by atoms with van der Waals surface area (Å²) in [5, 5.41) is 0. The summed E-state index contributed by atoms with van der Waals surface area (Å²) in [6, 6.07) is 0. The van der Waals surface area contributed by atoms with Gasteiger partial charge >= 0.3 is 0 Å². The molecule has 0 radical (unpaired) electrons. The van der Waals surface area contributed by atoms with Crippen molar-refractivity contribution in [3.05, 3.63) is 0 Å². The molecule has 13 heavy (non-hydrogen) atoms. The summed E-state index contributed by atoms with van der Waals surface area (Å²) in [5.74, 6) is 0.989. The maximum atomic E-state index is 11.6. The van der Waals surface area contributed by atoms with Crippen LogP contribution >= 0.6 is 12.6 Å². The van der Waals surface area contributed by atoms with E-state index < -0.39 is 0 Å². The summed E-state index contributed by atoms with van der Waals surface area (Å²) in [4.78, 5) is 13.6. The van der Waals surface area contributed by atoms with Crippen LogP contribution in [-0.4, -0.2) is 29.6 Å². The number of nitrogens with zero attached hydrogens (tertiary/aromatic N) is 1. The highest BCUT2D eigenvalue weighted by Crippen LogP contribution is 2.51. The van der Waals surface area contributed by atoms with Gasteiger partial charge in [0.1, 0.15) is 0 Å². The maximum absolute atomic E-state index is 11.6. The van der Waals surface area contributed by atoms with E-state index in [1.54, 1.807) is 0 Å². The molecule has 0 aromatic rings. The second kappa shape index (κ2) is 3.52. The summed E-state index contributed by atoms with van der Waals surface area (Å²) in [6.45, 7) is 2.01. The highest BCUT2D eigenvalue weighted by Gasteiger charge is 2.46. The van der Waals surface area contributed by atoms with Gasteiger partial charge in [0.2, 0.25) is 5.91 Å². The monoisotopic (exact) mass is 199 g/mol. The number of rotatable bonds is 2. The molecule has 0 aromatic heterocycles. The van der Waals surface area contributed by atoms with Crippen LogP contribution < -0.4 is 0 Å². The quantitative estimate of drug-likeness (QED) is 0.671. The van der Waals surface area contributed by atoms with Gasteiger partial charge in [0.05, 0.1) is 0 Å². The molecule has 2 nitrogen and oxygen atoms in total. The standard InChI is InChI=1S/C10H17NOS/c12-9(2-7-13)11-6-1-3-10(8-11)4-5-10/h13H,1-8H2. The molecule has 1 amide bonds. The van der Waals surface area contributed by atoms with Crippen LogP contribution in [0.2, 0.25) is 0 Å². The van der Waals surface area contributed by atoms with Gasteiger partial charge in [-0.1, -0.05) is 0 Å². The highest BCUT2D eigenvalue weighted by molar-refractivity contribution is 7.80. The van der Waals surface area contributed by atoms with Crippen LogP contribution in [0.5, 0.6) is 0 Å². The van der Waals surface area contributed by atoms with E-state index in [9.17, 15) is 4.79 Å². The lowest BCUT2D eigenvalue weighted by Crippen LogP contribution is -2.40. The van der Waals surface area contributed by atoms with Crippen molar-refractivity contribution in [3.8, 4) is 0 Å². The minimum absolute atomic E-state index is 0.306. The van der Waals surface area contributed by atoms with Gasteiger partial charge in [0.15, 0.2) is 0 Å². The molecule has 1 aliphatic carbocycles. The van der Waals surface area contributed by atoms with Crippen LogP contribution in [0, 0.1) is 5.41 Å². The van der Waals surface area contributed by atoms with Crippen LogP contribution in [0.3, 0.4) is 0 Å². The van der Waals surface area contributed by atoms with Crippen molar-refractivity contribution in [2.75, 3.05) is 18.8 Å². The first-order valence-electron chi connectivity index (χ1n) is 5.14. The van der Waals surface area contributed by atoms with Gasteiger partial charge in [0, 0.05) is 19.5 Å². The number of hydrogen-bond donors (Lipinski definition) is 1. The predicted molar refractivity (Wildman–Crippen MR) is 56.0 cm³/mol. The molecule has 74 valence electrons. The maximum Gasteiger partial charge on any atom is 0.223 e. The first kappa shape index (κ1) is 9.38. The van der Waals surface area contributed by atoms with Crippen molar-refractivity contribution in [3.63, 3.8) is 0 Å². The van der Waals surface area contributed by atoms with Crippen LogP contribution in [0.25, 0.3) is 0 Å². The van der Waals surface area contributed by atoms with Gasteiger partial charge in [-0.3, -0.25) is 4.79 Å². The molecule has 1 aliphatic heterocycles. The van der Waals surface area contributed by atoms with E-state index in [1.807, 2.05) is 4.90 Å². The molecular weight excluding hydrogens is 182 g/mol. The minimum Gasteiger partial charge on any atom is -0.342 e. The SMILES string of the molecule is O=C(CCS)N1CCCC2(CC2)C1. The van der Waals surface area contributed by atoms with Gasteiger partial charge in [-0.25, -0.2) is 0 Å². The topological polar surface area (TPSA) is 20.3 Å². The van der Waals surface area contributed by atoms with Gasteiger partial charge in [0.25, 0.3) is 0 Å². The molecule has 0 unspecified atom stereocenters. The van der Waals surface area contributed by atoms with Crippen LogP contribution in [-0.2, 0) is 4.79 Å². The van der Waals surface area contributed by atoms with Crippen molar-refractivity contribution < 1.29 is 4.79 Å². The van der Waals surface area contributed by atoms with Crippen LogP contribution in [0.4, 0.5) is 0 Å². The van der Waals surface area contributed by atoms with Gasteiger partial charge in [-0.05, 0) is 36.9 Å². The lowest BCUT2D eigenvalue weighted by atomic mass is 9.95. The molecule has 2 fully saturated rings. The van der Waals surface area contributed by atoms with Gasteiger partial charge < -0.3 is 4.90 Å². The number of thiol groups is 1. The molecular formula is C10H17NOS. The first-order valence-corrected chi connectivity index (χ1v) is 5.78. The summed E-state index contributed by atoms with van der Waals surface area (Å²) < 4.78 is 0. The number of amides is 1. The molecule has 1 spiro atoms. The van der Waals surface area contributed by atoms with Gasteiger partial charge in [-0.2, -0.15) is 12.6 Å². The van der Waals surface area contributed by atoms with Crippen molar-refractivity contribution >= 4 is 18.5 Å². The lowest BCUT2D eigenvalue weighted by Gasteiger charge is -2.33. The second-order valence-corrected chi connectivity index (χ2v) is 4.84. The highest BCUT2D eigenvalue weighted by atomic mass is 32.1. The number of piperidine rings is 1. The van der Waals surface area contributed by atoms with Crippen LogP contribution in [0.1, 0.15) is 32.1 Å². The average molecular weight is 199 g/mol. The molecule has 1 saturated carbocycles. The third-order valence-electron chi connectivity index (χ3n) is 3.30. The predicted octanol–water partition coefficient (Wildman–Crippen LogP) is 1.71. The van der Waals surface area contributed by atoms with E-state index in [0.717, 1.165) is 13.1 Å². The normalized spacial score (nSPS) is 24.8. The lowest BCUT2D eigenvalue weighted by molar-refractivity contribution is -0.132. The molecule has 1 heterocycles. The molecule has 1 saturated heterocycles. The largest absolute Gasteiger partial charge is 0.342 e. The van der Waals surface area contributed by atoms with Gasteiger partial charge in [-0.15, -0.1) is 0 Å². The second-order valence-electron chi connectivity index (χ2n) is 4.39. The number of hydrogen-bond acceptors (Lipinski definition) is 2. The van der Waals surface area contributed by atoms with E-state index in [4.69, 9.17) is 0 Å². The van der Waals surface area contributed by atoms with E-state index in [2.05, 4.69) is 12.6 Å². The summed E-state index contributed by atoms with van der Waals surface area (Å²) in [5.41, 5.74) is 0.560. The fourth-order valence-corrected chi connectivity index (χ4v) is 2.45. The Labute approximate surface area is 85.1 Å². The van der Waals surface area contributed by atoms with E-state index in [-0.39, 0.29) is 0 Å². The molecule has 0 bridgehead atoms. The third-order valence-corrected chi connectivity index (χ3v) is 3.52. The molecule has 0 atom stereocenters. The van der Waals surface area contributed by atoms with Crippen molar-refractivity contribution in [1.82, 2.24) is 4.90 Å². The molecule has 3 heteroatoms. The Morgan fingerprint density at radius 3 is 2.77 bits per heavy atom. The third kappa shape index (κ3) is 2.01. The average Bonchev–Trinajstić information content (AvgIpc) is 2.85. The zero-order valence-corrected chi connectivity index (χ0v) is 8.85. The molecule has 2 aliphatic rings. The van der Waals surface area contributed by atoms with E-state index >= 15 is 0 Å². The Morgan fingerprint density at radius 1 is 1.38 bits per heavy atom. The number of likely N-dealkylation sites (tertiary alicyclic amines) is 1. The Hall–Kier alpha value is -0.180. The Morgan fingerprint density at radius 2 is 2.15 bits per heavy atom. The smallest absolute Gasteiger partial charge is 0.223 e. The van der Waals surface area contributed by atoms with Crippen molar-refractivity contribution in [2.24, 2.45) is 5.41 Å².